The van der Waals surface area contributed by atoms with E-state index in [1.54, 1.807) is 0 Å². The van der Waals surface area contributed by atoms with E-state index in [9.17, 15) is 14.7 Å². The molecule has 8 heteroatoms. The molecular formula is C29H37N2O6+. The van der Waals surface area contributed by atoms with Crippen LogP contribution >= 0.6 is 0 Å². The summed E-state index contributed by atoms with van der Waals surface area (Å²) in [5.74, 6) is -1.33. The molecule has 3 fully saturated rings. The molecule has 0 radical (unpaired) electrons. The Morgan fingerprint density at radius 1 is 0.946 bits per heavy atom. The molecule has 3 heterocycles. The number of aliphatic hydroxyl groups excluding tert-OH is 1. The second-order valence-electron chi connectivity index (χ2n) is 10.6. The van der Waals surface area contributed by atoms with Crippen molar-refractivity contribution < 1.29 is 33.4 Å². The van der Waals surface area contributed by atoms with Crippen LogP contribution in [-0.2, 0) is 29.4 Å². The Morgan fingerprint density at radius 2 is 1.49 bits per heavy atom. The first-order valence-corrected chi connectivity index (χ1v) is 13.3. The molecule has 37 heavy (non-hydrogen) atoms. The zero-order chi connectivity index (χ0) is 25.9. The lowest BCUT2D eigenvalue weighted by Crippen LogP contribution is -2.60. The SMILES string of the molecule is N[C@@H](CO)C(=O)OCOC(C(=O)OC1CC2CCC(C1)[N+]21CCCC1)(c1ccccc1)c1ccccc1. The quantitative estimate of drug-likeness (QED) is 0.304. The number of esters is 2. The van der Waals surface area contributed by atoms with Crippen LogP contribution in [0.1, 0.15) is 49.7 Å². The first-order chi connectivity index (χ1) is 18.0. The van der Waals surface area contributed by atoms with Gasteiger partial charge in [0.1, 0.15) is 12.1 Å². The Kier molecular flexibility index (Phi) is 7.62. The molecule has 3 saturated heterocycles. The molecule has 3 aliphatic rings. The van der Waals surface area contributed by atoms with Crippen molar-refractivity contribution in [3.05, 3.63) is 71.8 Å². The monoisotopic (exact) mass is 509 g/mol. The summed E-state index contributed by atoms with van der Waals surface area (Å²) in [5, 5.41) is 9.17. The van der Waals surface area contributed by atoms with Crippen LogP contribution in [0.15, 0.2) is 60.7 Å². The molecule has 0 saturated carbocycles. The minimum Gasteiger partial charge on any atom is -0.459 e. The molecule has 3 aliphatic heterocycles. The van der Waals surface area contributed by atoms with Gasteiger partial charge in [-0.1, -0.05) is 60.7 Å². The van der Waals surface area contributed by atoms with E-state index in [1.807, 2.05) is 60.7 Å². The second-order valence-corrected chi connectivity index (χ2v) is 10.6. The van der Waals surface area contributed by atoms with Crippen molar-refractivity contribution in [1.29, 1.82) is 0 Å². The predicted octanol–water partition coefficient (Wildman–Crippen LogP) is 2.61. The summed E-state index contributed by atoms with van der Waals surface area (Å²) in [6.45, 7) is 1.42. The predicted molar refractivity (Wildman–Crippen MR) is 136 cm³/mol. The molecule has 2 aromatic carbocycles. The highest BCUT2D eigenvalue weighted by molar-refractivity contribution is 5.86. The molecule has 8 nitrogen and oxygen atoms in total. The minimum atomic E-state index is -1.64. The third kappa shape index (κ3) is 4.79. The van der Waals surface area contributed by atoms with E-state index >= 15 is 0 Å². The average Bonchev–Trinajstić information content (AvgIpc) is 3.48. The largest absolute Gasteiger partial charge is 0.459 e. The lowest BCUT2D eigenvalue weighted by Gasteiger charge is -2.47. The van der Waals surface area contributed by atoms with Crippen molar-refractivity contribution in [3.8, 4) is 0 Å². The summed E-state index contributed by atoms with van der Waals surface area (Å²) in [7, 11) is 0. The minimum absolute atomic E-state index is 0.185. The van der Waals surface area contributed by atoms with E-state index in [4.69, 9.17) is 19.9 Å². The molecule has 1 spiro atoms. The number of aliphatic hydroxyl groups is 1. The van der Waals surface area contributed by atoms with Crippen LogP contribution in [0.2, 0.25) is 0 Å². The van der Waals surface area contributed by atoms with Gasteiger partial charge in [0.15, 0.2) is 6.79 Å². The van der Waals surface area contributed by atoms with Gasteiger partial charge in [0.25, 0.3) is 0 Å². The molecule has 2 unspecified atom stereocenters. The van der Waals surface area contributed by atoms with Gasteiger partial charge < -0.3 is 29.5 Å². The number of nitrogens with two attached hydrogens (primary N) is 1. The van der Waals surface area contributed by atoms with Gasteiger partial charge in [-0.2, -0.15) is 0 Å². The molecule has 3 N–H and O–H groups in total. The number of piperidine rings is 1. The van der Waals surface area contributed by atoms with E-state index in [0.717, 1.165) is 12.8 Å². The molecule has 0 aromatic heterocycles. The van der Waals surface area contributed by atoms with Crippen LogP contribution in [0.25, 0.3) is 0 Å². The Balaban J connectivity index is 1.42. The van der Waals surface area contributed by atoms with Gasteiger partial charge in [0.05, 0.1) is 31.8 Å². The van der Waals surface area contributed by atoms with E-state index in [1.165, 1.54) is 43.3 Å². The van der Waals surface area contributed by atoms with E-state index in [-0.39, 0.29) is 6.10 Å². The fourth-order valence-corrected chi connectivity index (χ4v) is 6.87. The van der Waals surface area contributed by atoms with Crippen molar-refractivity contribution in [2.75, 3.05) is 26.5 Å². The normalized spacial score (nSPS) is 25.1. The van der Waals surface area contributed by atoms with Crippen molar-refractivity contribution >= 4 is 11.9 Å². The number of nitrogens with zero attached hydrogens (tertiary/aromatic N) is 1. The summed E-state index contributed by atoms with van der Waals surface area (Å²) in [6.07, 6.45) is 6.50. The van der Waals surface area contributed by atoms with Gasteiger partial charge in [-0.05, 0) is 11.1 Å². The maximum absolute atomic E-state index is 14.2. The molecule has 0 aliphatic carbocycles. The highest BCUT2D eigenvalue weighted by atomic mass is 16.7. The molecule has 198 valence electrons. The van der Waals surface area contributed by atoms with Crippen LogP contribution in [0, 0.1) is 0 Å². The van der Waals surface area contributed by atoms with Crippen molar-refractivity contribution in [1.82, 2.24) is 0 Å². The first kappa shape index (κ1) is 25.9. The van der Waals surface area contributed by atoms with Crippen LogP contribution in [0.5, 0.6) is 0 Å². The maximum Gasteiger partial charge on any atom is 0.348 e. The molecule has 5 rings (SSSR count). The van der Waals surface area contributed by atoms with E-state index < -0.39 is 37.0 Å². The van der Waals surface area contributed by atoms with Gasteiger partial charge in [0, 0.05) is 38.5 Å². The second kappa shape index (κ2) is 10.9. The molecule has 3 atom stereocenters. The average molecular weight is 510 g/mol. The Morgan fingerprint density at radius 3 is 2.00 bits per heavy atom. The number of hydrogen-bond donors (Lipinski definition) is 2. The summed E-state index contributed by atoms with van der Waals surface area (Å²) in [5.41, 5.74) is 5.10. The van der Waals surface area contributed by atoms with Crippen molar-refractivity contribution in [2.45, 2.75) is 68.4 Å². The Labute approximate surface area is 217 Å². The summed E-state index contributed by atoms with van der Waals surface area (Å²) >= 11 is 0. The van der Waals surface area contributed by atoms with E-state index in [2.05, 4.69) is 0 Å². The van der Waals surface area contributed by atoms with Crippen LogP contribution in [-0.4, -0.2) is 72.2 Å². The third-order valence-electron chi connectivity index (χ3n) is 8.65. The number of carbonyl (C=O) groups excluding carboxylic acids is 2. The Hall–Kier alpha value is -2.78. The van der Waals surface area contributed by atoms with E-state index in [0.29, 0.717) is 23.2 Å². The highest BCUT2D eigenvalue weighted by Gasteiger charge is 2.57. The topological polar surface area (TPSA) is 108 Å². The number of rotatable bonds is 9. The van der Waals surface area contributed by atoms with Crippen molar-refractivity contribution in [3.63, 3.8) is 0 Å². The lowest BCUT2D eigenvalue weighted by atomic mass is 9.85. The number of ether oxygens (including phenoxy) is 3. The maximum atomic E-state index is 14.2. The standard InChI is InChI=1S/C29H37N2O6/c30-26(19-32)27(33)35-20-36-29(21-9-3-1-4-10-21,22-11-5-2-6-12-22)28(34)37-25-17-23-13-14-24(18-25)31(23)15-7-8-16-31/h1-6,9-12,23-26,32H,7-8,13-20,30H2/q+1/t23?,24?,25?,26-/m0/s1. The van der Waals surface area contributed by atoms with Crippen LogP contribution < -0.4 is 5.73 Å². The molecule has 2 aromatic rings. The summed E-state index contributed by atoms with van der Waals surface area (Å²) in [6, 6.07) is 18.2. The lowest BCUT2D eigenvalue weighted by molar-refractivity contribution is -0.956. The summed E-state index contributed by atoms with van der Waals surface area (Å²) in [4.78, 5) is 26.3. The van der Waals surface area contributed by atoms with Gasteiger partial charge >= 0.3 is 11.9 Å². The number of quaternary nitrogens is 1. The summed E-state index contributed by atoms with van der Waals surface area (Å²) < 4.78 is 18.9. The number of carbonyl (C=O) groups is 2. The van der Waals surface area contributed by atoms with Gasteiger partial charge in [0.2, 0.25) is 5.60 Å². The van der Waals surface area contributed by atoms with Gasteiger partial charge in [-0.15, -0.1) is 0 Å². The molecule has 0 amide bonds. The number of benzene rings is 2. The smallest absolute Gasteiger partial charge is 0.348 e. The van der Waals surface area contributed by atoms with Crippen LogP contribution in [0.3, 0.4) is 0 Å². The van der Waals surface area contributed by atoms with Gasteiger partial charge in [-0.3, -0.25) is 4.79 Å². The fourth-order valence-electron chi connectivity index (χ4n) is 6.87. The highest BCUT2D eigenvalue weighted by Crippen LogP contribution is 2.47. The van der Waals surface area contributed by atoms with Gasteiger partial charge in [-0.25, -0.2) is 4.79 Å². The van der Waals surface area contributed by atoms with Crippen LogP contribution in [0.4, 0.5) is 0 Å². The van der Waals surface area contributed by atoms with Crippen molar-refractivity contribution in [2.24, 2.45) is 5.73 Å². The fraction of sp³-hybridized carbons (Fsp3) is 0.517. The Bertz CT molecular complexity index is 1020. The zero-order valence-electron chi connectivity index (χ0n) is 21.2. The molecule has 2 bridgehead atoms. The zero-order valence-corrected chi connectivity index (χ0v) is 21.2. The first-order valence-electron chi connectivity index (χ1n) is 13.3. The third-order valence-corrected chi connectivity index (χ3v) is 8.65. The molecular weight excluding hydrogens is 472 g/mol. The number of hydrogen-bond acceptors (Lipinski definition) is 7.